The topological polar surface area (TPSA) is 38.1 Å². The number of amides is 1. The van der Waals surface area contributed by atoms with E-state index in [-0.39, 0.29) is 5.91 Å². The smallest absolute Gasteiger partial charge is 0.339 e. The minimum Gasteiger partial charge on any atom is -0.339 e. The molecule has 2 aromatic carbocycles. The van der Waals surface area contributed by atoms with Crippen molar-refractivity contribution in [1.29, 1.82) is 0 Å². The normalized spacial score (nSPS) is 14.7. The van der Waals surface area contributed by atoms with Crippen molar-refractivity contribution in [2.45, 2.75) is 25.4 Å². The van der Waals surface area contributed by atoms with Crippen LogP contribution >= 0.6 is 0 Å². The van der Waals surface area contributed by atoms with Gasteiger partial charge in [0.1, 0.15) is 5.82 Å². The Kier molecular flexibility index (Phi) is 5.37. The number of hydrogen-bond donors (Lipinski definition) is 0. The Labute approximate surface area is 173 Å². The standard InChI is InChI=1S/C23H22F3N3O/c1-28-15-20(16-7-6-10-19(14-16)23(24,25)26)27-21(28)17-8-5-9-18(13-17)22(30)29-11-3-2-4-12-29/h5-10,13-15H,2-4,11-12H2,1H3. The fourth-order valence-electron chi connectivity index (χ4n) is 3.80. The molecule has 1 saturated heterocycles. The zero-order valence-corrected chi connectivity index (χ0v) is 16.6. The highest BCUT2D eigenvalue weighted by Crippen LogP contribution is 2.32. The molecule has 1 aliphatic heterocycles. The predicted molar refractivity (Wildman–Crippen MR) is 109 cm³/mol. The fourth-order valence-corrected chi connectivity index (χ4v) is 3.80. The number of carbonyl (C=O) groups is 1. The van der Waals surface area contributed by atoms with E-state index in [1.165, 1.54) is 6.07 Å². The number of likely N-dealkylation sites (tertiary alicyclic amines) is 1. The number of nitrogens with zero attached hydrogens (tertiary/aromatic N) is 3. The van der Waals surface area contributed by atoms with Crippen molar-refractivity contribution in [1.82, 2.24) is 14.5 Å². The molecule has 0 spiro atoms. The minimum atomic E-state index is -4.41. The minimum absolute atomic E-state index is 0.00358. The molecule has 7 heteroatoms. The molecule has 30 heavy (non-hydrogen) atoms. The van der Waals surface area contributed by atoms with E-state index in [0.717, 1.165) is 50.0 Å². The molecule has 0 atom stereocenters. The van der Waals surface area contributed by atoms with Gasteiger partial charge in [-0.2, -0.15) is 13.2 Å². The molecule has 1 amide bonds. The molecule has 1 fully saturated rings. The molecule has 0 aliphatic carbocycles. The highest BCUT2D eigenvalue weighted by Gasteiger charge is 2.30. The summed E-state index contributed by atoms with van der Waals surface area (Å²) < 4.78 is 40.9. The van der Waals surface area contributed by atoms with Crippen LogP contribution in [0.25, 0.3) is 22.6 Å². The van der Waals surface area contributed by atoms with E-state index >= 15 is 0 Å². The van der Waals surface area contributed by atoms with Gasteiger partial charge >= 0.3 is 6.18 Å². The van der Waals surface area contributed by atoms with Gasteiger partial charge in [-0.15, -0.1) is 0 Å². The molecular weight excluding hydrogens is 391 g/mol. The second kappa shape index (κ2) is 7.97. The number of benzene rings is 2. The van der Waals surface area contributed by atoms with Gasteiger partial charge in [0.2, 0.25) is 0 Å². The van der Waals surface area contributed by atoms with Crippen LogP contribution in [-0.4, -0.2) is 33.4 Å². The molecule has 0 N–H and O–H groups in total. The summed E-state index contributed by atoms with van der Waals surface area (Å²) >= 11 is 0. The van der Waals surface area contributed by atoms with Crippen LogP contribution in [0.2, 0.25) is 0 Å². The van der Waals surface area contributed by atoms with E-state index in [1.54, 1.807) is 36.0 Å². The predicted octanol–water partition coefficient (Wildman–Crippen LogP) is 5.40. The third-order valence-corrected chi connectivity index (χ3v) is 5.37. The monoisotopic (exact) mass is 413 g/mol. The molecule has 3 aromatic rings. The first-order valence-corrected chi connectivity index (χ1v) is 9.93. The number of aromatic nitrogens is 2. The van der Waals surface area contributed by atoms with Gasteiger partial charge in [0, 0.05) is 43.0 Å². The lowest BCUT2D eigenvalue weighted by atomic mass is 10.1. The van der Waals surface area contributed by atoms with Crippen LogP contribution in [0, 0.1) is 0 Å². The maximum atomic E-state index is 13.0. The van der Waals surface area contributed by atoms with Crippen LogP contribution in [0.4, 0.5) is 13.2 Å². The molecule has 1 aromatic heterocycles. The summed E-state index contributed by atoms with van der Waals surface area (Å²) in [4.78, 5) is 19.2. The Morgan fingerprint density at radius 2 is 1.67 bits per heavy atom. The van der Waals surface area contributed by atoms with Gasteiger partial charge in [0.25, 0.3) is 5.91 Å². The summed E-state index contributed by atoms with van der Waals surface area (Å²) in [6.07, 6.45) is 0.479. The molecular formula is C23H22F3N3O. The average molecular weight is 413 g/mol. The summed E-state index contributed by atoms with van der Waals surface area (Å²) in [5.41, 5.74) is 1.48. The summed E-state index contributed by atoms with van der Waals surface area (Å²) in [7, 11) is 1.79. The lowest BCUT2D eigenvalue weighted by Gasteiger charge is -2.26. The maximum Gasteiger partial charge on any atom is 0.416 e. The van der Waals surface area contributed by atoms with Crippen molar-refractivity contribution in [2.24, 2.45) is 7.05 Å². The summed E-state index contributed by atoms with van der Waals surface area (Å²) in [5.74, 6) is 0.597. The Morgan fingerprint density at radius 3 is 2.40 bits per heavy atom. The van der Waals surface area contributed by atoms with Crippen LogP contribution in [0.15, 0.2) is 54.7 Å². The third kappa shape index (κ3) is 4.10. The molecule has 0 unspecified atom stereocenters. The lowest BCUT2D eigenvalue weighted by molar-refractivity contribution is -0.137. The maximum absolute atomic E-state index is 13.0. The fraction of sp³-hybridized carbons (Fsp3) is 0.304. The first-order valence-electron chi connectivity index (χ1n) is 9.93. The second-order valence-corrected chi connectivity index (χ2v) is 7.57. The van der Waals surface area contributed by atoms with Crippen LogP contribution in [-0.2, 0) is 13.2 Å². The number of carbonyl (C=O) groups excluding carboxylic acids is 1. The number of imidazole rings is 1. The summed E-state index contributed by atoms with van der Waals surface area (Å²) in [5, 5.41) is 0. The molecule has 2 heterocycles. The number of hydrogen-bond acceptors (Lipinski definition) is 2. The molecule has 1 aliphatic rings. The van der Waals surface area contributed by atoms with Gasteiger partial charge in [0.05, 0.1) is 11.3 Å². The quantitative estimate of drug-likeness (QED) is 0.577. The van der Waals surface area contributed by atoms with Crippen LogP contribution < -0.4 is 0 Å². The molecule has 0 radical (unpaired) electrons. The first-order chi connectivity index (χ1) is 14.3. The van der Waals surface area contributed by atoms with Gasteiger partial charge in [-0.05, 0) is 43.5 Å². The van der Waals surface area contributed by atoms with E-state index in [1.807, 2.05) is 17.0 Å². The Bertz CT molecular complexity index is 1070. The van der Waals surface area contributed by atoms with Gasteiger partial charge < -0.3 is 9.47 Å². The van der Waals surface area contributed by atoms with Crippen LogP contribution in [0.5, 0.6) is 0 Å². The highest BCUT2D eigenvalue weighted by atomic mass is 19.4. The molecule has 156 valence electrons. The highest BCUT2D eigenvalue weighted by molar-refractivity contribution is 5.95. The molecule has 0 saturated carbocycles. The molecule has 0 bridgehead atoms. The zero-order valence-electron chi connectivity index (χ0n) is 16.6. The number of halogens is 3. The van der Waals surface area contributed by atoms with E-state index in [9.17, 15) is 18.0 Å². The molecule has 4 nitrogen and oxygen atoms in total. The van der Waals surface area contributed by atoms with Gasteiger partial charge in [-0.1, -0.05) is 24.3 Å². The van der Waals surface area contributed by atoms with Crippen molar-refractivity contribution in [3.63, 3.8) is 0 Å². The number of aryl methyl sites for hydroxylation is 1. The van der Waals surface area contributed by atoms with Crippen LogP contribution in [0.1, 0.15) is 35.2 Å². The van der Waals surface area contributed by atoms with E-state index in [0.29, 0.717) is 22.6 Å². The Hall–Kier alpha value is -3.09. The van der Waals surface area contributed by atoms with Crippen LogP contribution in [0.3, 0.4) is 0 Å². The number of piperidine rings is 1. The largest absolute Gasteiger partial charge is 0.416 e. The first kappa shape index (κ1) is 20.2. The summed E-state index contributed by atoms with van der Waals surface area (Å²) in [6, 6.07) is 12.4. The Balaban J connectivity index is 1.65. The van der Waals surface area contributed by atoms with Crippen molar-refractivity contribution < 1.29 is 18.0 Å². The number of alkyl halides is 3. The van der Waals surface area contributed by atoms with E-state index < -0.39 is 11.7 Å². The van der Waals surface area contributed by atoms with Crippen molar-refractivity contribution >= 4 is 5.91 Å². The van der Waals surface area contributed by atoms with Gasteiger partial charge in [-0.3, -0.25) is 4.79 Å². The second-order valence-electron chi connectivity index (χ2n) is 7.57. The summed E-state index contributed by atoms with van der Waals surface area (Å²) in [6.45, 7) is 1.54. The average Bonchev–Trinajstić information content (AvgIpc) is 3.15. The van der Waals surface area contributed by atoms with E-state index in [2.05, 4.69) is 4.98 Å². The SMILES string of the molecule is Cn1cc(-c2cccc(C(F)(F)F)c2)nc1-c1cccc(C(=O)N2CCCCC2)c1. The van der Waals surface area contributed by atoms with Gasteiger partial charge in [0.15, 0.2) is 0 Å². The lowest BCUT2D eigenvalue weighted by Crippen LogP contribution is -2.35. The molecule has 4 rings (SSSR count). The van der Waals surface area contributed by atoms with E-state index in [4.69, 9.17) is 0 Å². The van der Waals surface area contributed by atoms with Crippen molar-refractivity contribution in [3.8, 4) is 22.6 Å². The Morgan fingerprint density at radius 1 is 0.967 bits per heavy atom. The third-order valence-electron chi connectivity index (χ3n) is 5.37. The van der Waals surface area contributed by atoms with Crippen molar-refractivity contribution in [3.05, 3.63) is 65.9 Å². The van der Waals surface area contributed by atoms with Gasteiger partial charge in [-0.25, -0.2) is 4.98 Å². The van der Waals surface area contributed by atoms with Crippen molar-refractivity contribution in [2.75, 3.05) is 13.1 Å². The number of rotatable bonds is 3. The zero-order chi connectivity index (χ0) is 21.3.